The third-order valence-corrected chi connectivity index (χ3v) is 3.14. The molecule has 0 aliphatic carbocycles. The van der Waals surface area contributed by atoms with Gasteiger partial charge < -0.3 is 14.7 Å². The first-order chi connectivity index (χ1) is 8.65. The number of carbonyl (C=O) groups is 1. The second kappa shape index (κ2) is 5.46. The monoisotopic (exact) mass is 253 g/mol. The van der Waals surface area contributed by atoms with Crippen LogP contribution in [0.15, 0.2) is 18.2 Å². The molecule has 1 N–H and O–H groups in total. The van der Waals surface area contributed by atoms with Gasteiger partial charge in [-0.1, -0.05) is 0 Å². The number of anilines is 1. The minimum Gasteiger partial charge on any atom is -0.394 e. The van der Waals surface area contributed by atoms with E-state index in [0.29, 0.717) is 30.7 Å². The Morgan fingerprint density at radius 1 is 1.61 bits per heavy atom. The number of hydrogen-bond donors (Lipinski definition) is 1. The number of rotatable bonds is 3. The van der Waals surface area contributed by atoms with Crippen LogP contribution in [0.25, 0.3) is 0 Å². The Balaban J connectivity index is 2.31. The lowest BCUT2D eigenvalue weighted by molar-refractivity contribution is -0.0103. The molecule has 1 aliphatic rings. The van der Waals surface area contributed by atoms with Gasteiger partial charge in [0, 0.05) is 23.8 Å². The van der Waals surface area contributed by atoms with E-state index in [1.807, 2.05) is 11.8 Å². The van der Waals surface area contributed by atoms with Crippen molar-refractivity contribution >= 4 is 12.0 Å². The van der Waals surface area contributed by atoms with E-state index in [4.69, 9.17) is 9.84 Å². The van der Waals surface area contributed by atoms with Crippen LogP contribution in [-0.4, -0.2) is 43.3 Å². The first-order valence-corrected chi connectivity index (χ1v) is 5.89. The summed E-state index contributed by atoms with van der Waals surface area (Å²) in [6.45, 7) is 2.86. The number of halogens is 1. The Morgan fingerprint density at radius 2 is 2.39 bits per heavy atom. The van der Waals surface area contributed by atoms with Crippen LogP contribution in [0.2, 0.25) is 0 Å². The van der Waals surface area contributed by atoms with Crippen molar-refractivity contribution < 1.29 is 19.0 Å². The Labute approximate surface area is 105 Å². The first-order valence-electron chi connectivity index (χ1n) is 5.89. The zero-order valence-electron chi connectivity index (χ0n) is 10.2. The topological polar surface area (TPSA) is 49.8 Å². The molecular formula is C13H16FNO3. The fourth-order valence-corrected chi connectivity index (χ4v) is 2.14. The molecule has 1 aromatic rings. The molecule has 2 unspecified atom stereocenters. The van der Waals surface area contributed by atoms with Crippen molar-refractivity contribution in [1.82, 2.24) is 0 Å². The van der Waals surface area contributed by atoms with Gasteiger partial charge in [-0.05, 0) is 25.1 Å². The van der Waals surface area contributed by atoms with Gasteiger partial charge in [-0.2, -0.15) is 0 Å². The van der Waals surface area contributed by atoms with Crippen molar-refractivity contribution in [3.05, 3.63) is 29.6 Å². The van der Waals surface area contributed by atoms with Crippen LogP contribution in [0.4, 0.5) is 10.1 Å². The Kier molecular flexibility index (Phi) is 3.93. The minimum atomic E-state index is -0.430. The molecule has 1 saturated heterocycles. The summed E-state index contributed by atoms with van der Waals surface area (Å²) in [5, 5.41) is 9.13. The van der Waals surface area contributed by atoms with Crippen LogP contribution in [0.1, 0.15) is 17.3 Å². The summed E-state index contributed by atoms with van der Waals surface area (Å²) in [6.07, 6.45) is 0.375. The lowest BCUT2D eigenvalue weighted by Crippen LogP contribution is -2.50. The predicted octanol–water partition coefficient (Wildman–Crippen LogP) is 1.22. The number of morpholine rings is 1. The maximum atomic E-state index is 13.1. The zero-order chi connectivity index (χ0) is 13.1. The summed E-state index contributed by atoms with van der Waals surface area (Å²) in [5.74, 6) is -0.430. The number of carbonyl (C=O) groups excluding carboxylic acids is 1. The van der Waals surface area contributed by atoms with Gasteiger partial charge >= 0.3 is 0 Å². The summed E-state index contributed by atoms with van der Waals surface area (Å²) < 4.78 is 18.5. The molecule has 1 aromatic carbocycles. The highest BCUT2D eigenvalue weighted by Crippen LogP contribution is 2.25. The van der Waals surface area contributed by atoms with Crippen molar-refractivity contribution in [2.75, 3.05) is 24.7 Å². The molecular weight excluding hydrogens is 237 g/mol. The molecule has 18 heavy (non-hydrogen) atoms. The van der Waals surface area contributed by atoms with Gasteiger partial charge in [-0.25, -0.2) is 4.39 Å². The fourth-order valence-electron chi connectivity index (χ4n) is 2.14. The van der Waals surface area contributed by atoms with E-state index in [-0.39, 0.29) is 18.8 Å². The quantitative estimate of drug-likeness (QED) is 0.823. The molecule has 0 aromatic heterocycles. The maximum absolute atomic E-state index is 13.1. The highest BCUT2D eigenvalue weighted by atomic mass is 19.1. The number of hydrogen-bond acceptors (Lipinski definition) is 4. The number of benzene rings is 1. The van der Waals surface area contributed by atoms with Crippen LogP contribution in [0, 0.1) is 5.82 Å². The highest BCUT2D eigenvalue weighted by molar-refractivity contribution is 5.84. The lowest BCUT2D eigenvalue weighted by Gasteiger charge is -2.39. The van der Waals surface area contributed by atoms with Crippen molar-refractivity contribution in [2.24, 2.45) is 0 Å². The number of aliphatic hydroxyl groups excluding tert-OH is 1. The van der Waals surface area contributed by atoms with Crippen LogP contribution < -0.4 is 4.90 Å². The molecule has 0 spiro atoms. The molecule has 4 nitrogen and oxygen atoms in total. The second-order valence-corrected chi connectivity index (χ2v) is 4.46. The van der Waals surface area contributed by atoms with Gasteiger partial charge in [0.2, 0.25) is 0 Å². The molecule has 0 bridgehead atoms. The molecule has 1 fully saturated rings. The number of aliphatic hydroxyl groups is 1. The summed E-state index contributed by atoms with van der Waals surface area (Å²) in [5.41, 5.74) is 1.00. The van der Waals surface area contributed by atoms with Crippen molar-refractivity contribution in [3.63, 3.8) is 0 Å². The van der Waals surface area contributed by atoms with Gasteiger partial charge in [-0.3, -0.25) is 4.79 Å². The largest absolute Gasteiger partial charge is 0.394 e. The van der Waals surface area contributed by atoms with E-state index < -0.39 is 5.82 Å². The van der Waals surface area contributed by atoms with E-state index in [1.54, 1.807) is 6.07 Å². The van der Waals surface area contributed by atoms with Crippen LogP contribution in [0.5, 0.6) is 0 Å². The molecule has 0 radical (unpaired) electrons. The van der Waals surface area contributed by atoms with E-state index in [1.165, 1.54) is 12.1 Å². The standard InChI is InChI=1S/C13H16FNO3/c1-9-8-18-12(7-17)5-15(9)13-3-2-11(14)4-10(13)6-16/h2-4,6,9,12,17H,5,7-8H2,1H3. The van der Waals surface area contributed by atoms with Gasteiger partial charge in [0.05, 0.1) is 19.3 Å². The number of nitrogens with zero attached hydrogens (tertiary/aromatic N) is 1. The lowest BCUT2D eigenvalue weighted by atomic mass is 10.1. The molecule has 1 aliphatic heterocycles. The van der Waals surface area contributed by atoms with Gasteiger partial charge in [0.15, 0.2) is 6.29 Å². The van der Waals surface area contributed by atoms with Crippen molar-refractivity contribution in [1.29, 1.82) is 0 Å². The van der Waals surface area contributed by atoms with Crippen molar-refractivity contribution in [2.45, 2.75) is 19.1 Å². The third-order valence-electron chi connectivity index (χ3n) is 3.14. The summed E-state index contributed by atoms with van der Waals surface area (Å²) >= 11 is 0. The Hall–Kier alpha value is -1.46. The molecule has 5 heteroatoms. The van der Waals surface area contributed by atoms with Crippen LogP contribution >= 0.6 is 0 Å². The van der Waals surface area contributed by atoms with Crippen molar-refractivity contribution in [3.8, 4) is 0 Å². The molecule has 1 heterocycles. The van der Waals surface area contributed by atoms with Gasteiger partial charge in [-0.15, -0.1) is 0 Å². The first kappa shape index (κ1) is 13.0. The SMILES string of the molecule is CC1COC(CO)CN1c1ccc(F)cc1C=O. The second-order valence-electron chi connectivity index (χ2n) is 4.46. The maximum Gasteiger partial charge on any atom is 0.152 e. The fraction of sp³-hybridized carbons (Fsp3) is 0.462. The minimum absolute atomic E-state index is 0.0686. The van der Waals surface area contributed by atoms with E-state index >= 15 is 0 Å². The van der Waals surface area contributed by atoms with E-state index in [2.05, 4.69) is 0 Å². The Bertz CT molecular complexity index is 438. The van der Waals surface area contributed by atoms with E-state index in [9.17, 15) is 9.18 Å². The number of ether oxygens (including phenoxy) is 1. The Morgan fingerprint density at radius 3 is 3.06 bits per heavy atom. The predicted molar refractivity (Wildman–Crippen MR) is 65.4 cm³/mol. The average Bonchev–Trinajstić information content (AvgIpc) is 2.39. The molecule has 0 saturated carbocycles. The van der Waals surface area contributed by atoms with Crippen LogP contribution in [0.3, 0.4) is 0 Å². The molecule has 0 amide bonds. The zero-order valence-corrected chi connectivity index (χ0v) is 10.2. The summed E-state index contributed by atoms with van der Waals surface area (Å²) in [7, 11) is 0. The number of aldehydes is 1. The summed E-state index contributed by atoms with van der Waals surface area (Å²) in [6, 6.07) is 4.23. The highest BCUT2D eigenvalue weighted by Gasteiger charge is 2.27. The molecule has 2 rings (SSSR count). The third kappa shape index (κ3) is 2.52. The van der Waals surface area contributed by atoms with E-state index in [0.717, 1.165) is 0 Å². The normalized spacial score (nSPS) is 24.1. The van der Waals surface area contributed by atoms with Gasteiger partial charge in [0.1, 0.15) is 5.82 Å². The van der Waals surface area contributed by atoms with Gasteiger partial charge in [0.25, 0.3) is 0 Å². The summed E-state index contributed by atoms with van der Waals surface area (Å²) in [4.78, 5) is 13.0. The van der Waals surface area contributed by atoms with Crippen LogP contribution in [-0.2, 0) is 4.74 Å². The molecule has 2 atom stereocenters. The molecule has 98 valence electrons. The smallest absolute Gasteiger partial charge is 0.152 e. The average molecular weight is 253 g/mol.